The lowest BCUT2D eigenvalue weighted by atomic mass is 10.0. The van der Waals surface area contributed by atoms with Crippen LogP contribution in [0.3, 0.4) is 0 Å². The first-order chi connectivity index (χ1) is 9.52. The van der Waals surface area contributed by atoms with Gasteiger partial charge in [-0.25, -0.2) is 4.98 Å². The normalized spacial score (nSPS) is 11.0. The lowest BCUT2D eigenvalue weighted by Gasteiger charge is -2.08. The largest absolute Gasteiger partial charge is 0.383 e. The van der Waals surface area contributed by atoms with Crippen molar-refractivity contribution in [3.05, 3.63) is 45.7 Å². The molecule has 0 bridgehead atoms. The molecule has 0 saturated carbocycles. The maximum absolute atomic E-state index is 12.0. The Kier molecular flexibility index (Phi) is 4.23. The Balaban J connectivity index is 2.41. The monoisotopic (exact) mass is 271 g/mol. The molecule has 0 fully saturated rings. The van der Waals surface area contributed by atoms with Crippen molar-refractivity contribution in [2.75, 3.05) is 5.73 Å². The number of nitrogen functional groups attached to an aromatic ring is 1. The predicted octanol–water partition coefficient (Wildman–Crippen LogP) is 3.10. The van der Waals surface area contributed by atoms with E-state index in [1.165, 1.54) is 5.56 Å². The Hall–Kier alpha value is -2.10. The van der Waals surface area contributed by atoms with Crippen molar-refractivity contribution in [3.8, 4) is 11.4 Å². The van der Waals surface area contributed by atoms with E-state index in [-0.39, 0.29) is 5.56 Å². The van der Waals surface area contributed by atoms with Crippen molar-refractivity contribution in [2.45, 2.75) is 39.5 Å². The molecule has 0 aliphatic heterocycles. The van der Waals surface area contributed by atoms with Crippen LogP contribution >= 0.6 is 0 Å². The van der Waals surface area contributed by atoms with Gasteiger partial charge in [0.25, 0.3) is 5.56 Å². The summed E-state index contributed by atoms with van der Waals surface area (Å²) in [5.41, 5.74) is 8.47. The van der Waals surface area contributed by atoms with Crippen molar-refractivity contribution >= 4 is 5.82 Å². The van der Waals surface area contributed by atoms with E-state index in [0.717, 1.165) is 12.0 Å². The molecule has 0 radical (unpaired) electrons. The second-order valence-electron chi connectivity index (χ2n) is 5.31. The van der Waals surface area contributed by atoms with Crippen LogP contribution in [-0.4, -0.2) is 9.97 Å². The van der Waals surface area contributed by atoms with Gasteiger partial charge < -0.3 is 10.7 Å². The van der Waals surface area contributed by atoms with Crippen LogP contribution in [0.2, 0.25) is 0 Å². The quantitative estimate of drug-likeness (QED) is 0.897. The van der Waals surface area contributed by atoms with E-state index in [4.69, 9.17) is 5.73 Å². The molecule has 0 aliphatic rings. The zero-order valence-corrected chi connectivity index (χ0v) is 12.2. The van der Waals surface area contributed by atoms with Gasteiger partial charge >= 0.3 is 0 Å². The molecule has 106 valence electrons. The van der Waals surface area contributed by atoms with Crippen molar-refractivity contribution in [2.24, 2.45) is 0 Å². The molecule has 1 aromatic heterocycles. The summed E-state index contributed by atoms with van der Waals surface area (Å²) in [4.78, 5) is 19.2. The SMILES string of the molecule is CCCc1c(N)nc(-c2ccc(C(C)C)cc2)[nH]c1=O. The van der Waals surface area contributed by atoms with E-state index >= 15 is 0 Å². The average Bonchev–Trinajstić information content (AvgIpc) is 2.42. The summed E-state index contributed by atoms with van der Waals surface area (Å²) >= 11 is 0. The van der Waals surface area contributed by atoms with Crippen LogP contribution in [0.5, 0.6) is 0 Å². The second kappa shape index (κ2) is 5.90. The Morgan fingerprint density at radius 1 is 1.25 bits per heavy atom. The third-order valence-electron chi connectivity index (χ3n) is 3.40. The first-order valence-electron chi connectivity index (χ1n) is 7.02. The third-order valence-corrected chi connectivity index (χ3v) is 3.40. The first-order valence-corrected chi connectivity index (χ1v) is 7.02. The summed E-state index contributed by atoms with van der Waals surface area (Å²) < 4.78 is 0. The fourth-order valence-corrected chi connectivity index (χ4v) is 2.17. The molecule has 0 amide bonds. The number of H-pyrrole nitrogens is 1. The minimum absolute atomic E-state index is 0.137. The highest BCUT2D eigenvalue weighted by Crippen LogP contribution is 2.20. The highest BCUT2D eigenvalue weighted by atomic mass is 16.1. The van der Waals surface area contributed by atoms with Crippen LogP contribution in [0.15, 0.2) is 29.1 Å². The summed E-state index contributed by atoms with van der Waals surface area (Å²) in [6.45, 7) is 6.30. The lowest BCUT2D eigenvalue weighted by Crippen LogP contribution is -2.18. The number of aromatic nitrogens is 2. The Morgan fingerprint density at radius 3 is 2.40 bits per heavy atom. The summed E-state index contributed by atoms with van der Waals surface area (Å²) in [6, 6.07) is 8.03. The van der Waals surface area contributed by atoms with Crippen molar-refractivity contribution in [1.82, 2.24) is 9.97 Å². The smallest absolute Gasteiger partial charge is 0.256 e. The van der Waals surface area contributed by atoms with Crippen LogP contribution in [0, 0.1) is 0 Å². The average molecular weight is 271 g/mol. The number of rotatable bonds is 4. The second-order valence-corrected chi connectivity index (χ2v) is 5.31. The number of nitrogens with two attached hydrogens (primary N) is 1. The molecule has 0 spiro atoms. The highest BCUT2D eigenvalue weighted by molar-refractivity contribution is 5.58. The summed E-state index contributed by atoms with van der Waals surface area (Å²) in [5, 5.41) is 0. The molecule has 2 rings (SSSR count). The van der Waals surface area contributed by atoms with E-state index < -0.39 is 0 Å². The zero-order chi connectivity index (χ0) is 14.7. The van der Waals surface area contributed by atoms with Gasteiger partial charge in [0.05, 0.1) is 5.56 Å². The fourth-order valence-electron chi connectivity index (χ4n) is 2.17. The van der Waals surface area contributed by atoms with Gasteiger partial charge in [0.2, 0.25) is 0 Å². The molecule has 1 heterocycles. The molecule has 20 heavy (non-hydrogen) atoms. The van der Waals surface area contributed by atoms with Crippen LogP contribution < -0.4 is 11.3 Å². The summed E-state index contributed by atoms with van der Waals surface area (Å²) in [6.07, 6.45) is 1.53. The minimum Gasteiger partial charge on any atom is -0.383 e. The van der Waals surface area contributed by atoms with Gasteiger partial charge in [-0.05, 0) is 17.9 Å². The van der Waals surface area contributed by atoms with Crippen molar-refractivity contribution < 1.29 is 0 Å². The van der Waals surface area contributed by atoms with Crippen LogP contribution in [0.25, 0.3) is 11.4 Å². The Bertz CT molecular complexity index is 642. The van der Waals surface area contributed by atoms with Crippen LogP contribution in [0.4, 0.5) is 5.82 Å². The Labute approximate surface area is 119 Å². The standard InChI is InChI=1S/C16H21N3O/c1-4-5-13-14(17)18-15(19-16(13)20)12-8-6-11(7-9-12)10(2)3/h6-10H,4-5H2,1-3H3,(H3,17,18,19,20). The number of nitrogens with one attached hydrogen (secondary N) is 1. The molecule has 2 aromatic rings. The van der Waals surface area contributed by atoms with Crippen molar-refractivity contribution in [3.63, 3.8) is 0 Å². The molecular formula is C16H21N3O. The van der Waals surface area contributed by atoms with E-state index in [9.17, 15) is 4.79 Å². The number of hydrogen-bond donors (Lipinski definition) is 2. The molecular weight excluding hydrogens is 250 g/mol. The molecule has 3 N–H and O–H groups in total. The maximum atomic E-state index is 12.0. The van der Waals surface area contributed by atoms with E-state index in [0.29, 0.717) is 29.5 Å². The van der Waals surface area contributed by atoms with Gasteiger partial charge in [-0.1, -0.05) is 51.5 Å². The summed E-state index contributed by atoms with van der Waals surface area (Å²) in [5.74, 6) is 1.34. The molecule has 1 aromatic carbocycles. The minimum atomic E-state index is -0.137. The third kappa shape index (κ3) is 2.90. The molecule has 0 unspecified atom stereocenters. The van der Waals surface area contributed by atoms with Gasteiger partial charge in [0, 0.05) is 5.56 Å². The van der Waals surface area contributed by atoms with E-state index in [1.54, 1.807) is 0 Å². The summed E-state index contributed by atoms with van der Waals surface area (Å²) in [7, 11) is 0. The van der Waals surface area contributed by atoms with Gasteiger partial charge in [0.15, 0.2) is 0 Å². The zero-order valence-electron chi connectivity index (χ0n) is 12.2. The van der Waals surface area contributed by atoms with E-state index in [2.05, 4.69) is 35.9 Å². The molecule has 0 atom stereocenters. The van der Waals surface area contributed by atoms with Gasteiger partial charge in [-0.2, -0.15) is 0 Å². The number of anilines is 1. The topological polar surface area (TPSA) is 71.8 Å². The van der Waals surface area contributed by atoms with Crippen LogP contribution in [-0.2, 0) is 6.42 Å². The van der Waals surface area contributed by atoms with Crippen molar-refractivity contribution in [1.29, 1.82) is 0 Å². The van der Waals surface area contributed by atoms with Gasteiger partial charge in [-0.3, -0.25) is 4.79 Å². The number of hydrogen-bond acceptors (Lipinski definition) is 3. The predicted molar refractivity (Wildman–Crippen MR) is 82.8 cm³/mol. The Morgan fingerprint density at radius 2 is 1.90 bits per heavy atom. The van der Waals surface area contributed by atoms with Gasteiger partial charge in [-0.15, -0.1) is 0 Å². The molecule has 0 aliphatic carbocycles. The molecule has 4 heteroatoms. The molecule has 0 saturated heterocycles. The first kappa shape index (κ1) is 14.3. The number of nitrogens with zero attached hydrogens (tertiary/aromatic N) is 1. The van der Waals surface area contributed by atoms with Gasteiger partial charge in [0.1, 0.15) is 11.6 Å². The number of benzene rings is 1. The van der Waals surface area contributed by atoms with E-state index in [1.807, 2.05) is 19.1 Å². The fraction of sp³-hybridized carbons (Fsp3) is 0.375. The lowest BCUT2D eigenvalue weighted by molar-refractivity contribution is 0.866. The maximum Gasteiger partial charge on any atom is 0.256 e. The molecule has 4 nitrogen and oxygen atoms in total. The highest BCUT2D eigenvalue weighted by Gasteiger charge is 2.09. The number of aromatic amines is 1. The van der Waals surface area contributed by atoms with Crippen LogP contribution in [0.1, 0.15) is 44.2 Å².